The second-order valence-corrected chi connectivity index (χ2v) is 6.58. The Morgan fingerprint density at radius 3 is 2.58 bits per heavy atom. The molecule has 1 heterocycles. The van der Waals surface area contributed by atoms with Gasteiger partial charge in [-0.2, -0.15) is 5.10 Å². The molecule has 0 amide bonds. The summed E-state index contributed by atoms with van der Waals surface area (Å²) in [5.74, 6) is 0. The normalized spacial score (nSPS) is 12.0. The van der Waals surface area contributed by atoms with Gasteiger partial charge in [0.1, 0.15) is 0 Å². The number of thiazole rings is 1. The molecule has 0 radical (unpaired) electrons. The molecule has 5 heteroatoms. The summed E-state index contributed by atoms with van der Waals surface area (Å²) in [6.45, 7) is 6.29. The van der Waals surface area contributed by atoms with E-state index in [2.05, 4.69) is 36.3 Å². The number of nitrogens with one attached hydrogen (secondary N) is 1. The molecule has 0 saturated heterocycles. The van der Waals surface area contributed by atoms with Crippen LogP contribution in [0.1, 0.15) is 20.8 Å². The van der Waals surface area contributed by atoms with Gasteiger partial charge in [0.25, 0.3) is 0 Å². The maximum atomic E-state index is 5.87. The smallest absolute Gasteiger partial charge is 0.203 e. The number of hydrogen-bond acceptors (Lipinski definition) is 4. The van der Waals surface area contributed by atoms with E-state index in [4.69, 9.17) is 11.6 Å². The van der Waals surface area contributed by atoms with Crippen LogP contribution in [0.3, 0.4) is 0 Å². The Kier molecular flexibility index (Phi) is 4.22. The molecule has 0 atom stereocenters. The predicted molar refractivity (Wildman–Crippen MR) is 84.1 cm³/mol. The van der Waals surface area contributed by atoms with Gasteiger partial charge in [-0.15, -0.1) is 11.3 Å². The maximum absolute atomic E-state index is 5.87. The molecule has 2 rings (SSSR count). The molecular weight excluding hydrogens is 278 g/mol. The lowest BCUT2D eigenvalue weighted by Gasteiger charge is -2.09. The fourth-order valence-corrected chi connectivity index (χ4v) is 2.15. The molecule has 100 valence electrons. The van der Waals surface area contributed by atoms with Gasteiger partial charge in [-0.1, -0.05) is 44.5 Å². The van der Waals surface area contributed by atoms with Crippen molar-refractivity contribution >= 4 is 34.3 Å². The van der Waals surface area contributed by atoms with Crippen LogP contribution in [0.2, 0.25) is 5.02 Å². The Bertz CT molecular complexity index is 567. The summed E-state index contributed by atoms with van der Waals surface area (Å²) in [4.78, 5) is 4.48. The average molecular weight is 294 g/mol. The van der Waals surface area contributed by atoms with Crippen LogP contribution in [0.15, 0.2) is 34.7 Å². The van der Waals surface area contributed by atoms with Crippen molar-refractivity contribution in [2.24, 2.45) is 10.5 Å². The predicted octanol–water partition coefficient (Wildman–Crippen LogP) is 4.91. The van der Waals surface area contributed by atoms with Gasteiger partial charge < -0.3 is 0 Å². The van der Waals surface area contributed by atoms with Crippen molar-refractivity contribution in [1.82, 2.24) is 4.98 Å². The van der Waals surface area contributed by atoms with Crippen LogP contribution >= 0.6 is 22.9 Å². The summed E-state index contributed by atoms with van der Waals surface area (Å²) in [6.07, 6.45) is 1.87. The average Bonchev–Trinajstić information content (AvgIpc) is 2.77. The molecule has 0 bridgehead atoms. The van der Waals surface area contributed by atoms with Crippen LogP contribution in [0, 0.1) is 5.41 Å². The van der Waals surface area contributed by atoms with Crippen LogP contribution in [0.4, 0.5) is 5.13 Å². The molecule has 0 saturated carbocycles. The third-order valence-corrected chi connectivity index (χ3v) is 3.26. The van der Waals surface area contributed by atoms with E-state index in [1.54, 1.807) is 0 Å². The van der Waals surface area contributed by atoms with E-state index in [1.165, 1.54) is 11.3 Å². The molecule has 1 aromatic carbocycles. The van der Waals surface area contributed by atoms with Crippen LogP contribution in [0.25, 0.3) is 11.3 Å². The Morgan fingerprint density at radius 2 is 1.95 bits per heavy atom. The minimum absolute atomic E-state index is 0.0588. The molecule has 0 spiro atoms. The van der Waals surface area contributed by atoms with Crippen molar-refractivity contribution < 1.29 is 0 Å². The van der Waals surface area contributed by atoms with Crippen molar-refractivity contribution in [1.29, 1.82) is 0 Å². The van der Waals surface area contributed by atoms with E-state index < -0.39 is 0 Å². The zero-order valence-corrected chi connectivity index (χ0v) is 12.7. The number of hydrogen-bond donors (Lipinski definition) is 1. The summed E-state index contributed by atoms with van der Waals surface area (Å²) < 4.78 is 0. The first-order valence-electron chi connectivity index (χ1n) is 5.96. The van der Waals surface area contributed by atoms with Gasteiger partial charge in [0.05, 0.1) is 5.69 Å². The topological polar surface area (TPSA) is 37.3 Å². The number of hydrazone groups is 1. The third-order valence-electron chi connectivity index (χ3n) is 2.26. The maximum Gasteiger partial charge on any atom is 0.203 e. The highest BCUT2D eigenvalue weighted by Gasteiger charge is 2.06. The summed E-state index contributed by atoms with van der Waals surface area (Å²) in [5, 5.41) is 7.70. The first-order valence-corrected chi connectivity index (χ1v) is 7.21. The zero-order chi connectivity index (χ0) is 13.9. The van der Waals surface area contributed by atoms with Crippen molar-refractivity contribution in [3.8, 4) is 11.3 Å². The van der Waals surface area contributed by atoms with Gasteiger partial charge in [0, 0.05) is 22.2 Å². The van der Waals surface area contributed by atoms with Gasteiger partial charge in [-0.05, 0) is 17.5 Å². The second kappa shape index (κ2) is 5.72. The lowest BCUT2D eigenvalue weighted by Crippen LogP contribution is -2.07. The van der Waals surface area contributed by atoms with E-state index >= 15 is 0 Å². The fourth-order valence-electron chi connectivity index (χ4n) is 1.36. The van der Waals surface area contributed by atoms with Crippen LogP contribution in [0.5, 0.6) is 0 Å². The number of rotatable bonds is 3. The summed E-state index contributed by atoms with van der Waals surface area (Å²) >= 11 is 7.40. The highest BCUT2D eigenvalue weighted by Crippen LogP contribution is 2.26. The van der Waals surface area contributed by atoms with E-state index in [-0.39, 0.29) is 5.41 Å². The monoisotopic (exact) mass is 293 g/mol. The molecule has 3 nitrogen and oxygen atoms in total. The van der Waals surface area contributed by atoms with Gasteiger partial charge in [0.2, 0.25) is 5.13 Å². The molecule has 0 unspecified atom stereocenters. The third kappa shape index (κ3) is 4.33. The highest BCUT2D eigenvalue weighted by molar-refractivity contribution is 7.14. The van der Waals surface area contributed by atoms with Gasteiger partial charge in [-0.25, -0.2) is 4.98 Å². The zero-order valence-electron chi connectivity index (χ0n) is 11.1. The SMILES string of the molecule is CC(C)(C)/C=N/Nc1nc(-c2ccc(Cl)cc2)cs1. The molecule has 0 aliphatic carbocycles. The first-order chi connectivity index (χ1) is 8.94. The minimum atomic E-state index is 0.0588. The summed E-state index contributed by atoms with van der Waals surface area (Å²) in [7, 11) is 0. The number of benzene rings is 1. The molecular formula is C14H16ClN3S. The van der Waals surface area contributed by atoms with Crippen molar-refractivity contribution in [3.05, 3.63) is 34.7 Å². The van der Waals surface area contributed by atoms with Crippen LogP contribution in [-0.2, 0) is 0 Å². The number of aromatic nitrogens is 1. The molecule has 2 aromatic rings. The van der Waals surface area contributed by atoms with Crippen molar-refractivity contribution in [3.63, 3.8) is 0 Å². The standard InChI is InChI=1S/C14H16ClN3S/c1-14(2,3)9-16-18-13-17-12(8-19-13)10-4-6-11(15)7-5-10/h4-9H,1-3H3,(H,17,18)/b16-9+. The van der Waals surface area contributed by atoms with Crippen LogP contribution in [-0.4, -0.2) is 11.2 Å². The lowest BCUT2D eigenvalue weighted by atomic mass is 9.99. The Balaban J connectivity index is 2.07. The van der Waals surface area contributed by atoms with E-state index in [0.717, 1.165) is 21.4 Å². The van der Waals surface area contributed by atoms with Gasteiger partial charge in [-0.3, -0.25) is 5.43 Å². The van der Waals surface area contributed by atoms with Gasteiger partial charge >= 0.3 is 0 Å². The number of nitrogens with zero attached hydrogens (tertiary/aromatic N) is 2. The van der Waals surface area contributed by atoms with Crippen LogP contribution < -0.4 is 5.43 Å². The summed E-state index contributed by atoms with van der Waals surface area (Å²) in [6, 6.07) is 7.64. The Morgan fingerprint density at radius 1 is 1.26 bits per heavy atom. The largest absolute Gasteiger partial charge is 0.253 e. The Hall–Kier alpha value is -1.39. The highest BCUT2D eigenvalue weighted by atomic mass is 35.5. The molecule has 0 aliphatic heterocycles. The molecule has 0 aliphatic rings. The van der Waals surface area contributed by atoms with E-state index in [9.17, 15) is 0 Å². The number of halogens is 1. The second-order valence-electron chi connectivity index (χ2n) is 5.28. The quantitative estimate of drug-likeness (QED) is 0.645. The van der Waals surface area contributed by atoms with E-state index in [0.29, 0.717) is 0 Å². The Labute approximate surface area is 122 Å². The van der Waals surface area contributed by atoms with Gasteiger partial charge in [0.15, 0.2) is 0 Å². The molecule has 1 N–H and O–H groups in total. The van der Waals surface area contributed by atoms with Crippen molar-refractivity contribution in [2.75, 3.05) is 5.43 Å². The first kappa shape index (κ1) is 14.0. The fraction of sp³-hybridized carbons (Fsp3) is 0.286. The minimum Gasteiger partial charge on any atom is -0.253 e. The molecule has 19 heavy (non-hydrogen) atoms. The molecule has 0 fully saturated rings. The van der Waals surface area contributed by atoms with E-state index in [1.807, 2.05) is 35.9 Å². The number of anilines is 1. The molecule has 1 aromatic heterocycles. The summed E-state index contributed by atoms with van der Waals surface area (Å²) in [5.41, 5.74) is 4.99. The lowest BCUT2D eigenvalue weighted by molar-refractivity contribution is 0.606. The van der Waals surface area contributed by atoms with Crippen molar-refractivity contribution in [2.45, 2.75) is 20.8 Å².